The number of rotatable bonds is 6. The summed E-state index contributed by atoms with van der Waals surface area (Å²) >= 11 is 0. The molecular formula is C24H21N3O4. The summed E-state index contributed by atoms with van der Waals surface area (Å²) in [5.41, 5.74) is 3.73. The molecule has 1 aliphatic rings. The van der Waals surface area contributed by atoms with Crippen molar-refractivity contribution in [1.29, 1.82) is 0 Å². The van der Waals surface area contributed by atoms with Crippen molar-refractivity contribution in [2.24, 2.45) is 5.16 Å². The van der Waals surface area contributed by atoms with E-state index in [2.05, 4.69) is 15.5 Å². The third kappa shape index (κ3) is 4.61. The van der Waals surface area contributed by atoms with Crippen LogP contribution >= 0.6 is 0 Å². The molecule has 0 spiro atoms. The minimum Gasteiger partial charge on any atom is -0.468 e. The van der Waals surface area contributed by atoms with Crippen LogP contribution in [0.3, 0.4) is 0 Å². The van der Waals surface area contributed by atoms with E-state index in [0.29, 0.717) is 17.8 Å². The first kappa shape index (κ1) is 20.3. The first-order valence-electron chi connectivity index (χ1n) is 9.82. The van der Waals surface area contributed by atoms with Crippen molar-refractivity contribution in [2.75, 3.05) is 12.4 Å². The third-order valence-electron chi connectivity index (χ3n) is 5.04. The lowest BCUT2D eigenvalue weighted by Gasteiger charge is -2.16. The van der Waals surface area contributed by atoms with Gasteiger partial charge in [-0.25, -0.2) is 0 Å². The highest BCUT2D eigenvalue weighted by atomic mass is 16.6. The second-order valence-electron chi connectivity index (χ2n) is 7.06. The molecule has 3 aromatic rings. The van der Waals surface area contributed by atoms with E-state index < -0.39 is 12.0 Å². The number of hydrogen-bond donors (Lipinski definition) is 1. The molecular weight excluding hydrogens is 394 g/mol. The van der Waals surface area contributed by atoms with E-state index in [1.165, 1.54) is 7.11 Å². The second-order valence-corrected chi connectivity index (χ2v) is 7.06. The Kier molecular flexibility index (Phi) is 6.03. The third-order valence-corrected chi connectivity index (χ3v) is 5.04. The largest absolute Gasteiger partial charge is 0.468 e. The lowest BCUT2D eigenvalue weighted by Crippen LogP contribution is -2.28. The molecule has 4 rings (SSSR count). The second kappa shape index (κ2) is 9.21. The first-order valence-corrected chi connectivity index (χ1v) is 9.82. The van der Waals surface area contributed by atoms with Crippen molar-refractivity contribution in [1.82, 2.24) is 4.98 Å². The molecule has 1 aromatic heterocycles. The van der Waals surface area contributed by atoms with Crippen molar-refractivity contribution in [3.63, 3.8) is 0 Å². The molecule has 0 saturated carbocycles. The highest BCUT2D eigenvalue weighted by molar-refractivity contribution is 6.05. The molecule has 31 heavy (non-hydrogen) atoms. The van der Waals surface area contributed by atoms with Crippen LogP contribution in [0.1, 0.15) is 29.0 Å². The van der Waals surface area contributed by atoms with Gasteiger partial charge >= 0.3 is 5.97 Å². The summed E-state index contributed by atoms with van der Waals surface area (Å²) in [6.07, 6.45) is 3.03. The van der Waals surface area contributed by atoms with Gasteiger partial charge in [-0.1, -0.05) is 47.6 Å². The van der Waals surface area contributed by atoms with Crippen LogP contribution in [0.4, 0.5) is 5.69 Å². The molecule has 0 aliphatic carbocycles. The Labute approximate surface area is 179 Å². The molecule has 0 bridgehead atoms. The number of oxime groups is 1. The molecule has 1 amide bonds. The fraction of sp³-hybridized carbons (Fsp3) is 0.167. The number of aromatic nitrogens is 1. The minimum atomic E-state index is -0.706. The quantitative estimate of drug-likeness (QED) is 0.622. The molecule has 0 saturated heterocycles. The smallest absolute Gasteiger partial charge is 0.317 e. The zero-order valence-corrected chi connectivity index (χ0v) is 16.9. The van der Waals surface area contributed by atoms with Gasteiger partial charge < -0.3 is 14.9 Å². The molecule has 0 fully saturated rings. The molecule has 1 aliphatic heterocycles. The van der Waals surface area contributed by atoms with Crippen LogP contribution in [-0.4, -0.2) is 35.8 Å². The lowest BCUT2D eigenvalue weighted by atomic mass is 9.91. The van der Waals surface area contributed by atoms with Crippen LogP contribution in [0.5, 0.6) is 0 Å². The van der Waals surface area contributed by atoms with E-state index in [4.69, 9.17) is 9.57 Å². The molecule has 2 unspecified atom stereocenters. The number of methoxy groups -OCH3 is 1. The molecule has 7 heteroatoms. The highest BCUT2D eigenvalue weighted by Crippen LogP contribution is 2.27. The normalized spacial score (nSPS) is 16.0. The number of ether oxygens (including phenoxy) is 1. The Morgan fingerprint density at radius 3 is 2.45 bits per heavy atom. The summed E-state index contributed by atoms with van der Waals surface area (Å²) in [5.74, 6) is -1.17. The molecule has 0 radical (unpaired) electrons. The molecule has 2 atom stereocenters. The molecule has 2 aromatic carbocycles. The zero-order chi connectivity index (χ0) is 21.6. The molecule has 2 heterocycles. The van der Waals surface area contributed by atoms with Crippen molar-refractivity contribution < 1.29 is 19.2 Å². The van der Waals surface area contributed by atoms with Gasteiger partial charge in [0.15, 0.2) is 0 Å². The van der Waals surface area contributed by atoms with E-state index in [0.717, 1.165) is 16.7 Å². The highest BCUT2D eigenvalue weighted by Gasteiger charge is 2.29. The molecule has 156 valence electrons. The maximum atomic E-state index is 12.6. The van der Waals surface area contributed by atoms with E-state index in [9.17, 15) is 9.59 Å². The van der Waals surface area contributed by atoms with Gasteiger partial charge in [-0.15, -0.1) is 0 Å². The summed E-state index contributed by atoms with van der Waals surface area (Å²) in [5, 5.41) is 6.85. The average molecular weight is 415 g/mol. The van der Waals surface area contributed by atoms with Crippen molar-refractivity contribution in [3.8, 4) is 0 Å². The summed E-state index contributed by atoms with van der Waals surface area (Å²) in [4.78, 5) is 34.3. The van der Waals surface area contributed by atoms with Gasteiger partial charge in [0.2, 0.25) is 6.10 Å². The Bertz CT molecular complexity index is 1080. The van der Waals surface area contributed by atoms with E-state index in [-0.39, 0.29) is 11.9 Å². The Hall–Kier alpha value is -4.00. The molecule has 1 N–H and O–H groups in total. The summed E-state index contributed by atoms with van der Waals surface area (Å²) in [7, 11) is 1.37. The van der Waals surface area contributed by atoms with Crippen molar-refractivity contribution >= 4 is 23.3 Å². The monoisotopic (exact) mass is 415 g/mol. The zero-order valence-electron chi connectivity index (χ0n) is 16.9. The fourth-order valence-corrected chi connectivity index (χ4v) is 3.43. The van der Waals surface area contributed by atoms with Gasteiger partial charge in [-0.05, 0) is 35.4 Å². The lowest BCUT2D eigenvalue weighted by molar-refractivity contribution is -0.141. The number of pyridine rings is 1. The Balaban J connectivity index is 1.43. The number of nitrogens with zero attached hydrogens (tertiary/aromatic N) is 2. The topological polar surface area (TPSA) is 89.9 Å². The van der Waals surface area contributed by atoms with Crippen LogP contribution in [0.15, 0.2) is 84.3 Å². The predicted molar refractivity (Wildman–Crippen MR) is 116 cm³/mol. The van der Waals surface area contributed by atoms with Gasteiger partial charge in [0.05, 0.1) is 12.8 Å². The maximum absolute atomic E-state index is 12.6. The minimum absolute atomic E-state index is 0.289. The van der Waals surface area contributed by atoms with Crippen molar-refractivity contribution in [3.05, 3.63) is 95.8 Å². The standard InChI is InChI=1S/C24H21N3O4/c1-30-24(29)22(16-6-3-2-4-7-16)17-9-11-19(12-10-17)26-23(28)21-14-20(27-31-21)18-8-5-13-25-15-18/h2-13,15,21-22H,14H2,1H3,(H,26,28). The van der Waals surface area contributed by atoms with Gasteiger partial charge in [0.25, 0.3) is 5.91 Å². The van der Waals surface area contributed by atoms with E-state index >= 15 is 0 Å². The number of esters is 1. The van der Waals surface area contributed by atoms with Gasteiger partial charge in [-0.2, -0.15) is 0 Å². The van der Waals surface area contributed by atoms with Gasteiger partial charge in [0.1, 0.15) is 5.92 Å². The molecule has 7 nitrogen and oxygen atoms in total. The average Bonchev–Trinajstić information content (AvgIpc) is 3.32. The summed E-state index contributed by atoms with van der Waals surface area (Å²) in [6, 6.07) is 20.2. The number of amides is 1. The summed E-state index contributed by atoms with van der Waals surface area (Å²) in [6.45, 7) is 0. The first-order chi connectivity index (χ1) is 15.2. The SMILES string of the molecule is COC(=O)C(c1ccccc1)c1ccc(NC(=O)C2CC(c3cccnc3)=NO2)cc1. The van der Waals surface area contributed by atoms with Gasteiger partial charge in [-0.3, -0.25) is 14.6 Å². The number of hydrogen-bond acceptors (Lipinski definition) is 6. The Morgan fingerprint density at radius 2 is 1.77 bits per heavy atom. The van der Waals surface area contributed by atoms with Crippen LogP contribution in [-0.2, 0) is 19.2 Å². The predicted octanol–water partition coefficient (Wildman–Crippen LogP) is 3.52. The van der Waals surface area contributed by atoms with E-state index in [1.807, 2.05) is 42.5 Å². The Morgan fingerprint density at radius 1 is 1.03 bits per heavy atom. The van der Waals surface area contributed by atoms with E-state index in [1.54, 1.807) is 36.7 Å². The number of carbonyl (C=O) groups is 2. The fourth-order valence-electron chi connectivity index (χ4n) is 3.43. The van der Waals surface area contributed by atoms with Crippen molar-refractivity contribution in [2.45, 2.75) is 18.4 Å². The maximum Gasteiger partial charge on any atom is 0.317 e. The summed E-state index contributed by atoms with van der Waals surface area (Å²) < 4.78 is 4.99. The van der Waals surface area contributed by atoms with Crippen LogP contribution in [0.25, 0.3) is 0 Å². The van der Waals surface area contributed by atoms with Crippen LogP contribution < -0.4 is 5.32 Å². The number of benzene rings is 2. The number of anilines is 1. The van der Waals surface area contributed by atoms with Crippen LogP contribution in [0, 0.1) is 0 Å². The van der Waals surface area contributed by atoms with Crippen LogP contribution in [0.2, 0.25) is 0 Å². The number of carbonyl (C=O) groups excluding carboxylic acids is 2. The van der Waals surface area contributed by atoms with Gasteiger partial charge in [0, 0.05) is 30.1 Å². The number of nitrogens with one attached hydrogen (secondary N) is 1.